The Morgan fingerprint density at radius 1 is 1.24 bits per heavy atom. The fourth-order valence-electron chi connectivity index (χ4n) is 2.82. The van der Waals surface area contributed by atoms with E-state index in [4.69, 9.17) is 4.42 Å². The van der Waals surface area contributed by atoms with E-state index in [1.54, 1.807) is 0 Å². The fraction of sp³-hybridized carbons (Fsp3) is 0.778. The lowest BCUT2D eigenvalue weighted by Crippen LogP contribution is -2.35. The third kappa shape index (κ3) is 4.58. The molecule has 0 spiro atoms. The molecule has 2 aliphatic rings. The van der Waals surface area contributed by atoms with Crippen LogP contribution in [0.2, 0.25) is 0 Å². The molecule has 3 rings (SSSR count). The molecule has 2 fully saturated rings. The largest absolute Gasteiger partial charge is 0.465 e. The Balaban J connectivity index is 1.59. The second-order valence-corrected chi connectivity index (χ2v) is 8.00. The highest BCUT2D eigenvalue weighted by molar-refractivity contribution is 5.21. The molecule has 0 radical (unpaired) electrons. The molecular weight excluding hydrogens is 260 g/mol. The van der Waals surface area contributed by atoms with Gasteiger partial charge in [0.15, 0.2) is 0 Å². The standard InChI is InChI=1S/C18H30N2O/c1-13-15(10-19-18(2,3)4)9-17(21-13)12-20(16-7-8-16)11-14-5-6-14/h9,14,16,19H,5-8,10-12H2,1-4H3. The van der Waals surface area contributed by atoms with Crippen LogP contribution in [-0.2, 0) is 13.1 Å². The van der Waals surface area contributed by atoms with Crippen molar-refractivity contribution in [2.45, 2.75) is 78.0 Å². The molecule has 3 heteroatoms. The van der Waals surface area contributed by atoms with Gasteiger partial charge in [-0.25, -0.2) is 0 Å². The Morgan fingerprint density at radius 3 is 2.52 bits per heavy atom. The van der Waals surface area contributed by atoms with Crippen LogP contribution in [0.25, 0.3) is 0 Å². The molecule has 2 aliphatic carbocycles. The maximum atomic E-state index is 6.01. The summed E-state index contributed by atoms with van der Waals surface area (Å²) in [6, 6.07) is 3.09. The summed E-state index contributed by atoms with van der Waals surface area (Å²) in [6.07, 6.45) is 5.62. The van der Waals surface area contributed by atoms with Crippen LogP contribution in [0, 0.1) is 12.8 Å². The molecular formula is C18H30N2O. The number of hydrogen-bond acceptors (Lipinski definition) is 3. The lowest BCUT2D eigenvalue weighted by molar-refractivity contribution is 0.223. The second kappa shape index (κ2) is 5.77. The van der Waals surface area contributed by atoms with E-state index in [1.165, 1.54) is 37.8 Å². The zero-order valence-corrected chi connectivity index (χ0v) is 14.0. The highest BCUT2D eigenvalue weighted by Crippen LogP contribution is 2.36. The molecule has 2 saturated carbocycles. The average molecular weight is 290 g/mol. The normalized spacial score (nSPS) is 19.5. The van der Waals surface area contributed by atoms with Crippen LogP contribution < -0.4 is 5.32 Å². The highest BCUT2D eigenvalue weighted by atomic mass is 16.3. The van der Waals surface area contributed by atoms with Crippen LogP contribution in [0.15, 0.2) is 10.5 Å². The van der Waals surface area contributed by atoms with E-state index in [2.05, 4.69) is 44.0 Å². The zero-order valence-electron chi connectivity index (χ0n) is 14.0. The van der Waals surface area contributed by atoms with Gasteiger partial charge in [-0.2, -0.15) is 0 Å². The lowest BCUT2D eigenvalue weighted by Gasteiger charge is -2.20. The molecule has 1 N–H and O–H groups in total. The first-order valence-corrected chi connectivity index (χ1v) is 8.48. The predicted molar refractivity (Wildman–Crippen MR) is 86.2 cm³/mol. The van der Waals surface area contributed by atoms with Crippen molar-refractivity contribution in [3.05, 3.63) is 23.2 Å². The molecule has 1 aromatic heterocycles. The molecule has 3 nitrogen and oxygen atoms in total. The van der Waals surface area contributed by atoms with Crippen LogP contribution in [0.1, 0.15) is 63.5 Å². The third-order valence-corrected chi connectivity index (χ3v) is 4.49. The Hall–Kier alpha value is -0.800. The molecule has 0 atom stereocenters. The quantitative estimate of drug-likeness (QED) is 0.827. The minimum atomic E-state index is 0.149. The van der Waals surface area contributed by atoms with Crippen molar-refractivity contribution in [1.29, 1.82) is 0 Å². The fourth-order valence-corrected chi connectivity index (χ4v) is 2.82. The summed E-state index contributed by atoms with van der Waals surface area (Å²) in [6.45, 7) is 11.9. The zero-order chi connectivity index (χ0) is 15.0. The minimum Gasteiger partial charge on any atom is -0.465 e. The molecule has 0 saturated heterocycles. The number of nitrogens with one attached hydrogen (secondary N) is 1. The first-order valence-electron chi connectivity index (χ1n) is 8.48. The van der Waals surface area contributed by atoms with E-state index in [0.717, 1.165) is 36.6 Å². The Bertz CT molecular complexity index is 478. The second-order valence-electron chi connectivity index (χ2n) is 8.00. The Kier molecular flexibility index (Phi) is 4.15. The first kappa shape index (κ1) is 15.1. The van der Waals surface area contributed by atoms with Crippen molar-refractivity contribution in [3.63, 3.8) is 0 Å². The molecule has 21 heavy (non-hydrogen) atoms. The molecule has 118 valence electrons. The topological polar surface area (TPSA) is 28.4 Å². The molecule has 1 heterocycles. The summed E-state index contributed by atoms with van der Waals surface area (Å²) < 4.78 is 6.01. The van der Waals surface area contributed by atoms with Crippen LogP contribution in [0.3, 0.4) is 0 Å². The third-order valence-electron chi connectivity index (χ3n) is 4.49. The van der Waals surface area contributed by atoms with Gasteiger partial charge in [-0.3, -0.25) is 4.90 Å². The summed E-state index contributed by atoms with van der Waals surface area (Å²) >= 11 is 0. The van der Waals surface area contributed by atoms with Gasteiger partial charge in [-0.1, -0.05) is 0 Å². The molecule has 0 unspecified atom stereocenters. The maximum absolute atomic E-state index is 6.01. The molecule has 0 bridgehead atoms. The van der Waals surface area contributed by atoms with Crippen LogP contribution in [-0.4, -0.2) is 23.0 Å². The van der Waals surface area contributed by atoms with Crippen molar-refractivity contribution < 1.29 is 4.42 Å². The van der Waals surface area contributed by atoms with Gasteiger partial charge in [0.25, 0.3) is 0 Å². The number of rotatable bonds is 7. The number of furan rings is 1. The molecule has 1 aromatic rings. The van der Waals surface area contributed by atoms with Crippen molar-refractivity contribution in [1.82, 2.24) is 10.2 Å². The summed E-state index contributed by atoms with van der Waals surface area (Å²) in [5, 5.41) is 3.55. The van der Waals surface area contributed by atoms with Gasteiger partial charge in [-0.05, 0) is 65.4 Å². The highest BCUT2D eigenvalue weighted by Gasteiger charge is 2.34. The van der Waals surface area contributed by atoms with E-state index < -0.39 is 0 Å². The SMILES string of the molecule is Cc1oc(CN(CC2CC2)C2CC2)cc1CNC(C)(C)C. The van der Waals surface area contributed by atoms with Gasteiger partial charge >= 0.3 is 0 Å². The van der Waals surface area contributed by atoms with Crippen molar-refractivity contribution in [3.8, 4) is 0 Å². The van der Waals surface area contributed by atoms with Crippen molar-refractivity contribution in [2.24, 2.45) is 5.92 Å². The van der Waals surface area contributed by atoms with E-state index in [9.17, 15) is 0 Å². The summed E-state index contributed by atoms with van der Waals surface area (Å²) in [7, 11) is 0. The van der Waals surface area contributed by atoms with E-state index in [1.807, 2.05) is 0 Å². The molecule has 0 aromatic carbocycles. The Morgan fingerprint density at radius 2 is 1.95 bits per heavy atom. The van der Waals surface area contributed by atoms with E-state index in [-0.39, 0.29) is 5.54 Å². The van der Waals surface area contributed by atoms with Crippen molar-refractivity contribution in [2.75, 3.05) is 6.54 Å². The maximum Gasteiger partial charge on any atom is 0.118 e. The lowest BCUT2D eigenvalue weighted by atomic mass is 10.1. The minimum absolute atomic E-state index is 0.149. The van der Waals surface area contributed by atoms with Crippen LogP contribution >= 0.6 is 0 Å². The number of aryl methyl sites for hydroxylation is 1. The predicted octanol–water partition coefficient (Wildman–Crippen LogP) is 3.85. The summed E-state index contributed by atoms with van der Waals surface area (Å²) in [4.78, 5) is 2.65. The molecule has 0 aliphatic heterocycles. The van der Waals surface area contributed by atoms with Gasteiger partial charge in [0, 0.05) is 30.2 Å². The van der Waals surface area contributed by atoms with Gasteiger partial charge in [0.05, 0.1) is 6.54 Å². The summed E-state index contributed by atoms with van der Waals surface area (Å²) in [5.74, 6) is 3.18. The van der Waals surface area contributed by atoms with E-state index in [0.29, 0.717) is 0 Å². The number of nitrogens with zero attached hydrogens (tertiary/aromatic N) is 1. The smallest absolute Gasteiger partial charge is 0.118 e. The monoisotopic (exact) mass is 290 g/mol. The van der Waals surface area contributed by atoms with Gasteiger partial charge in [-0.15, -0.1) is 0 Å². The van der Waals surface area contributed by atoms with Crippen LogP contribution in [0.5, 0.6) is 0 Å². The average Bonchev–Trinajstić information content (AvgIpc) is 3.25. The number of hydrogen-bond donors (Lipinski definition) is 1. The van der Waals surface area contributed by atoms with E-state index >= 15 is 0 Å². The van der Waals surface area contributed by atoms with Crippen molar-refractivity contribution >= 4 is 0 Å². The molecule has 0 amide bonds. The van der Waals surface area contributed by atoms with Crippen LogP contribution in [0.4, 0.5) is 0 Å². The van der Waals surface area contributed by atoms with Gasteiger partial charge < -0.3 is 9.73 Å². The van der Waals surface area contributed by atoms with Gasteiger partial charge in [0.1, 0.15) is 11.5 Å². The Labute approximate surface area is 129 Å². The first-order chi connectivity index (χ1) is 9.90. The summed E-state index contributed by atoms with van der Waals surface area (Å²) in [5.41, 5.74) is 1.46. The van der Waals surface area contributed by atoms with Gasteiger partial charge in [0.2, 0.25) is 0 Å².